The molecule has 1 aliphatic carbocycles. The maximum Gasteiger partial charge on any atom is 0.332 e. The topological polar surface area (TPSA) is 86.6 Å². The molecule has 174 valence electrons. The number of aromatic nitrogens is 6. The Balaban J connectivity index is 1.48. The molecule has 0 radical (unpaired) electrons. The van der Waals surface area contributed by atoms with Gasteiger partial charge in [0.1, 0.15) is 17.7 Å². The Bertz CT molecular complexity index is 1700. The van der Waals surface area contributed by atoms with Crippen LogP contribution in [0.4, 0.5) is 0 Å². The summed E-state index contributed by atoms with van der Waals surface area (Å²) in [5.41, 5.74) is 13.3. The largest absolute Gasteiger partial charge is 0.332 e. The summed E-state index contributed by atoms with van der Waals surface area (Å²) in [6, 6.07) is 24.9. The first-order valence-electron chi connectivity index (χ1n) is 12.1. The summed E-state index contributed by atoms with van der Waals surface area (Å²) in [6.45, 7) is 0. The summed E-state index contributed by atoms with van der Waals surface area (Å²) in [7, 11) is 0. The van der Waals surface area contributed by atoms with Crippen LogP contribution >= 0.6 is 0 Å². The average Bonchev–Trinajstić information content (AvgIpc) is 3.33. The van der Waals surface area contributed by atoms with Crippen molar-refractivity contribution in [1.29, 1.82) is 0 Å². The van der Waals surface area contributed by atoms with Gasteiger partial charge in [-0.15, -0.1) is 0 Å². The summed E-state index contributed by atoms with van der Waals surface area (Å²) in [4.78, 5) is 13.3. The fraction of sp³-hybridized carbons (Fsp3) is 0.138. The maximum atomic E-state index is 6.58. The molecule has 0 saturated heterocycles. The van der Waals surface area contributed by atoms with Crippen LogP contribution in [0.3, 0.4) is 0 Å². The second kappa shape index (κ2) is 8.03. The molecule has 7 nitrogen and oxygen atoms in total. The minimum absolute atomic E-state index is 0.202. The normalized spacial score (nSPS) is 14.7. The third kappa shape index (κ3) is 3.28. The first-order valence-corrected chi connectivity index (χ1v) is 12.1. The van der Waals surface area contributed by atoms with Gasteiger partial charge < -0.3 is 5.73 Å². The summed E-state index contributed by atoms with van der Waals surface area (Å²) in [5.74, 6) is 0.734. The van der Waals surface area contributed by atoms with Crippen LogP contribution in [0.15, 0.2) is 97.7 Å². The molecular formula is C29H24N7+. The van der Waals surface area contributed by atoms with E-state index in [0.29, 0.717) is 0 Å². The van der Waals surface area contributed by atoms with Gasteiger partial charge in [-0.25, -0.2) is 9.97 Å². The molecule has 1 fully saturated rings. The van der Waals surface area contributed by atoms with Gasteiger partial charge in [0.15, 0.2) is 0 Å². The van der Waals surface area contributed by atoms with E-state index in [2.05, 4.69) is 56.8 Å². The molecule has 4 aromatic heterocycles. The Morgan fingerprint density at radius 1 is 0.889 bits per heavy atom. The zero-order chi connectivity index (χ0) is 24.1. The predicted octanol–water partition coefficient (Wildman–Crippen LogP) is 4.62. The molecule has 7 rings (SSSR count). The second-order valence-corrected chi connectivity index (χ2v) is 9.42. The van der Waals surface area contributed by atoms with E-state index in [1.54, 1.807) is 12.5 Å². The lowest BCUT2D eigenvalue weighted by Gasteiger charge is -2.38. The van der Waals surface area contributed by atoms with Gasteiger partial charge in [0.05, 0.1) is 22.2 Å². The number of hydrogen-bond acceptors (Lipinski definition) is 5. The Morgan fingerprint density at radius 3 is 2.44 bits per heavy atom. The van der Waals surface area contributed by atoms with E-state index < -0.39 is 0 Å². The van der Waals surface area contributed by atoms with Crippen LogP contribution in [-0.4, -0.2) is 24.7 Å². The fourth-order valence-corrected chi connectivity index (χ4v) is 5.06. The molecule has 1 aliphatic rings. The lowest BCUT2D eigenvalue weighted by Crippen LogP contribution is -2.43. The highest BCUT2D eigenvalue weighted by atomic mass is 15.4. The first-order chi connectivity index (χ1) is 17.7. The third-order valence-corrected chi connectivity index (χ3v) is 7.24. The standard InChI is InChI=1S/C29H24N7/c30-29(13-4-14-29)22-7-9-23(10-8-22)36-28-24-17-21(20-5-2-1-3-6-20)18-32-25(24)12-16-35(28)27(34-36)26-11-15-31-19-33-26/h1-3,5-12,15-19H,4,13-14,30H2/q+1. The maximum absolute atomic E-state index is 6.58. The van der Waals surface area contributed by atoms with Crippen LogP contribution < -0.4 is 10.1 Å². The molecule has 0 aliphatic heterocycles. The van der Waals surface area contributed by atoms with Crippen LogP contribution in [0.5, 0.6) is 0 Å². The highest BCUT2D eigenvalue weighted by Gasteiger charge is 2.34. The van der Waals surface area contributed by atoms with E-state index in [-0.39, 0.29) is 5.54 Å². The average molecular weight is 471 g/mol. The number of nitrogens with zero attached hydrogens (tertiary/aromatic N) is 6. The van der Waals surface area contributed by atoms with Crippen LogP contribution in [0, 0.1) is 0 Å². The Morgan fingerprint density at radius 2 is 1.72 bits per heavy atom. The van der Waals surface area contributed by atoms with Gasteiger partial charge in [-0.1, -0.05) is 47.1 Å². The van der Waals surface area contributed by atoms with E-state index in [1.165, 1.54) is 12.0 Å². The van der Waals surface area contributed by atoms with E-state index >= 15 is 0 Å². The van der Waals surface area contributed by atoms with Crippen molar-refractivity contribution in [2.45, 2.75) is 24.8 Å². The molecule has 0 unspecified atom stereocenters. The van der Waals surface area contributed by atoms with Crippen molar-refractivity contribution in [3.63, 3.8) is 0 Å². The number of rotatable bonds is 4. The van der Waals surface area contributed by atoms with E-state index in [0.717, 1.165) is 57.7 Å². The molecule has 1 saturated carbocycles. The minimum Gasteiger partial charge on any atom is -0.321 e. The lowest BCUT2D eigenvalue weighted by atomic mass is 9.73. The lowest BCUT2D eigenvalue weighted by molar-refractivity contribution is -0.498. The van der Waals surface area contributed by atoms with Crippen molar-refractivity contribution >= 4 is 16.6 Å². The van der Waals surface area contributed by atoms with Crippen molar-refractivity contribution in [3.8, 4) is 28.3 Å². The van der Waals surface area contributed by atoms with E-state index in [9.17, 15) is 0 Å². The SMILES string of the molecule is NC1(c2ccc(-n3nc(-c4ccncn4)[n+]4ccc5ncc(-c6ccccc6)cc5c34)cc2)CCC1. The third-order valence-electron chi connectivity index (χ3n) is 7.24. The van der Waals surface area contributed by atoms with Gasteiger partial charge >= 0.3 is 5.82 Å². The van der Waals surface area contributed by atoms with Crippen molar-refractivity contribution in [1.82, 2.24) is 24.7 Å². The molecule has 0 bridgehead atoms. The highest BCUT2D eigenvalue weighted by molar-refractivity contribution is 5.93. The highest BCUT2D eigenvalue weighted by Crippen LogP contribution is 2.39. The molecular weight excluding hydrogens is 446 g/mol. The Labute approximate surface area is 207 Å². The summed E-state index contributed by atoms with van der Waals surface area (Å²) in [6.07, 6.45) is 10.5. The quantitative estimate of drug-likeness (QED) is 0.380. The zero-order valence-electron chi connectivity index (χ0n) is 19.6. The smallest absolute Gasteiger partial charge is 0.321 e. The monoisotopic (exact) mass is 470 g/mol. The molecule has 0 spiro atoms. The molecule has 36 heavy (non-hydrogen) atoms. The van der Waals surface area contributed by atoms with Gasteiger partial charge in [0.2, 0.25) is 0 Å². The summed E-state index contributed by atoms with van der Waals surface area (Å²) in [5, 5.41) is 6.04. The molecule has 6 aromatic rings. The number of pyridine rings is 2. The van der Waals surface area contributed by atoms with Gasteiger partial charge in [0.25, 0.3) is 5.65 Å². The summed E-state index contributed by atoms with van der Waals surface area (Å²) >= 11 is 0. The molecule has 2 N–H and O–H groups in total. The number of hydrogen-bond donors (Lipinski definition) is 1. The number of nitrogens with two attached hydrogens (primary N) is 1. The Hall–Kier alpha value is -4.49. The molecule has 0 amide bonds. The predicted molar refractivity (Wildman–Crippen MR) is 138 cm³/mol. The number of benzene rings is 2. The van der Waals surface area contributed by atoms with E-state index in [4.69, 9.17) is 15.8 Å². The van der Waals surface area contributed by atoms with Gasteiger partial charge in [-0.05, 0) is 60.7 Å². The molecule has 7 heteroatoms. The van der Waals surface area contributed by atoms with Crippen LogP contribution in [0.1, 0.15) is 24.8 Å². The first kappa shape index (κ1) is 20.8. The van der Waals surface area contributed by atoms with Crippen molar-refractivity contribution < 1.29 is 4.40 Å². The molecule has 0 atom stereocenters. The van der Waals surface area contributed by atoms with Crippen molar-refractivity contribution in [2.24, 2.45) is 5.73 Å². The summed E-state index contributed by atoms with van der Waals surface area (Å²) < 4.78 is 4.05. The molecule has 4 heterocycles. The minimum atomic E-state index is -0.202. The van der Waals surface area contributed by atoms with Gasteiger partial charge in [-0.3, -0.25) is 4.98 Å². The second-order valence-electron chi connectivity index (χ2n) is 9.42. The van der Waals surface area contributed by atoms with Crippen LogP contribution in [0.25, 0.3) is 44.9 Å². The van der Waals surface area contributed by atoms with Crippen molar-refractivity contribution in [3.05, 3.63) is 103 Å². The number of fused-ring (bicyclic) bond motifs is 3. The van der Waals surface area contributed by atoms with E-state index in [1.807, 2.05) is 47.4 Å². The zero-order valence-corrected chi connectivity index (χ0v) is 19.6. The van der Waals surface area contributed by atoms with Gasteiger partial charge in [-0.2, -0.15) is 4.40 Å². The van der Waals surface area contributed by atoms with Crippen molar-refractivity contribution in [2.75, 3.05) is 0 Å². The van der Waals surface area contributed by atoms with Crippen LogP contribution in [-0.2, 0) is 5.54 Å². The Kier molecular flexibility index (Phi) is 4.65. The van der Waals surface area contributed by atoms with Crippen LogP contribution in [0.2, 0.25) is 0 Å². The van der Waals surface area contributed by atoms with Gasteiger partial charge in [0, 0.05) is 23.5 Å². The molecule has 2 aromatic carbocycles. The fourth-order valence-electron chi connectivity index (χ4n) is 5.06.